The number of nitrogens with zero attached hydrogens (tertiary/aromatic N) is 2. The molecule has 0 radical (unpaired) electrons. The molecule has 0 saturated carbocycles. The zero-order chi connectivity index (χ0) is 13.6. The van der Waals surface area contributed by atoms with Crippen LogP contribution in [0, 0.1) is 0 Å². The molecule has 3 rings (SSSR count). The van der Waals surface area contributed by atoms with Gasteiger partial charge in [-0.1, -0.05) is 42.1 Å². The van der Waals surface area contributed by atoms with Crippen molar-refractivity contribution < 1.29 is 0 Å². The summed E-state index contributed by atoms with van der Waals surface area (Å²) in [5.74, 6) is 1.05. The van der Waals surface area contributed by atoms with Crippen LogP contribution in [0.15, 0.2) is 59.9 Å². The molecule has 3 nitrogen and oxygen atoms in total. The van der Waals surface area contributed by atoms with Crippen molar-refractivity contribution in [2.75, 3.05) is 12.3 Å². The third-order valence-corrected chi connectivity index (χ3v) is 4.31. The Kier molecular flexibility index (Phi) is 4.33. The summed E-state index contributed by atoms with van der Waals surface area (Å²) in [6.45, 7) is 0.820. The Morgan fingerprint density at radius 3 is 2.75 bits per heavy atom. The molecule has 1 unspecified atom stereocenters. The minimum absolute atomic E-state index is 0.390. The summed E-state index contributed by atoms with van der Waals surface area (Å²) in [6.07, 6.45) is 4.62. The van der Waals surface area contributed by atoms with E-state index in [1.165, 1.54) is 11.1 Å². The van der Waals surface area contributed by atoms with Gasteiger partial charge in [0.1, 0.15) is 0 Å². The molecule has 1 aliphatic rings. The molecule has 1 atom stereocenters. The van der Waals surface area contributed by atoms with E-state index in [4.69, 9.17) is 0 Å². The minimum atomic E-state index is 0.390. The molecule has 1 aliphatic heterocycles. The summed E-state index contributed by atoms with van der Waals surface area (Å²) in [5.41, 5.74) is 2.62. The molecule has 1 saturated heterocycles. The Balaban J connectivity index is 1.53. The molecule has 1 aromatic heterocycles. The third kappa shape index (κ3) is 3.39. The number of hydrogen-bond donors (Lipinski definition) is 1. The fourth-order valence-corrected chi connectivity index (χ4v) is 3.20. The van der Waals surface area contributed by atoms with Crippen molar-refractivity contribution in [3.8, 4) is 0 Å². The number of pyridine rings is 1. The molecule has 1 fully saturated rings. The second-order valence-corrected chi connectivity index (χ2v) is 5.72. The molecule has 4 heteroatoms. The van der Waals surface area contributed by atoms with Crippen LogP contribution in [0.4, 0.5) is 0 Å². The smallest absolute Gasteiger partial charge is 0.157 e. The average Bonchev–Trinajstić information content (AvgIpc) is 2.98. The van der Waals surface area contributed by atoms with Crippen LogP contribution in [0.1, 0.15) is 17.2 Å². The van der Waals surface area contributed by atoms with Crippen LogP contribution < -0.4 is 5.32 Å². The Labute approximate surface area is 123 Å². The van der Waals surface area contributed by atoms with Gasteiger partial charge in [0.05, 0.1) is 6.04 Å². The Morgan fingerprint density at radius 1 is 1.15 bits per heavy atom. The first-order chi connectivity index (χ1) is 9.92. The number of nitrogens with one attached hydrogen (secondary N) is 1. The maximum Gasteiger partial charge on any atom is 0.157 e. The lowest BCUT2D eigenvalue weighted by Gasteiger charge is -2.09. The molecule has 102 valence electrons. The molecular weight excluding hydrogens is 266 g/mol. The molecule has 0 bridgehead atoms. The van der Waals surface area contributed by atoms with E-state index < -0.39 is 0 Å². The van der Waals surface area contributed by atoms with Crippen LogP contribution in [0.2, 0.25) is 0 Å². The van der Waals surface area contributed by atoms with E-state index in [0.717, 1.165) is 23.9 Å². The van der Waals surface area contributed by atoms with E-state index in [2.05, 4.69) is 45.6 Å². The van der Waals surface area contributed by atoms with Gasteiger partial charge in [0.15, 0.2) is 5.17 Å². The summed E-state index contributed by atoms with van der Waals surface area (Å²) in [4.78, 5) is 8.66. The minimum Gasteiger partial charge on any atom is -0.357 e. The van der Waals surface area contributed by atoms with Gasteiger partial charge in [0.2, 0.25) is 0 Å². The fraction of sp³-hybridized carbons (Fsp3) is 0.250. The van der Waals surface area contributed by atoms with Crippen molar-refractivity contribution >= 4 is 16.9 Å². The lowest BCUT2D eigenvalue weighted by atomic mass is 10.1. The monoisotopic (exact) mass is 283 g/mol. The Morgan fingerprint density at radius 2 is 1.95 bits per heavy atom. The Hall–Kier alpha value is -1.81. The number of hydrogen-bond acceptors (Lipinski definition) is 3. The van der Waals surface area contributed by atoms with Crippen molar-refractivity contribution in [2.24, 2.45) is 4.99 Å². The normalized spacial score (nSPS) is 20.0. The van der Waals surface area contributed by atoms with Crippen LogP contribution in [0.25, 0.3) is 0 Å². The van der Waals surface area contributed by atoms with Crippen LogP contribution in [0.3, 0.4) is 0 Å². The van der Waals surface area contributed by atoms with Crippen molar-refractivity contribution in [3.05, 3.63) is 66.0 Å². The SMILES string of the molecule is c1ccc(C2CSC(=NCCc3ccncc3)N2)cc1. The molecule has 2 heterocycles. The summed E-state index contributed by atoms with van der Waals surface area (Å²) in [7, 11) is 0. The van der Waals surface area contributed by atoms with Gasteiger partial charge in [-0.3, -0.25) is 9.98 Å². The predicted octanol–water partition coefficient (Wildman–Crippen LogP) is 3.06. The summed E-state index contributed by atoms with van der Waals surface area (Å²) in [6, 6.07) is 15.0. The Bertz CT molecular complexity index is 569. The number of rotatable bonds is 4. The van der Waals surface area contributed by atoms with Gasteiger partial charge in [-0.2, -0.15) is 0 Å². The molecular formula is C16H17N3S. The number of benzene rings is 1. The van der Waals surface area contributed by atoms with Gasteiger partial charge in [0, 0.05) is 24.7 Å². The number of aromatic nitrogens is 1. The van der Waals surface area contributed by atoms with Crippen molar-refractivity contribution in [1.82, 2.24) is 10.3 Å². The van der Waals surface area contributed by atoms with E-state index in [0.29, 0.717) is 6.04 Å². The molecule has 0 spiro atoms. The molecule has 20 heavy (non-hydrogen) atoms. The summed E-state index contributed by atoms with van der Waals surface area (Å²) in [5, 5.41) is 4.56. The van der Waals surface area contributed by atoms with Crippen LogP contribution >= 0.6 is 11.8 Å². The van der Waals surface area contributed by atoms with E-state index in [1.54, 1.807) is 11.8 Å². The average molecular weight is 283 g/mol. The zero-order valence-electron chi connectivity index (χ0n) is 11.2. The maximum atomic E-state index is 4.64. The van der Waals surface area contributed by atoms with Crippen molar-refractivity contribution in [3.63, 3.8) is 0 Å². The van der Waals surface area contributed by atoms with Gasteiger partial charge in [-0.15, -0.1) is 0 Å². The van der Waals surface area contributed by atoms with Gasteiger partial charge < -0.3 is 5.32 Å². The van der Waals surface area contributed by atoms with Crippen LogP contribution in [-0.2, 0) is 6.42 Å². The second kappa shape index (κ2) is 6.57. The number of amidine groups is 1. The highest BCUT2D eigenvalue weighted by molar-refractivity contribution is 8.14. The summed E-state index contributed by atoms with van der Waals surface area (Å²) < 4.78 is 0. The standard InChI is InChI=1S/C16H17N3S/c1-2-4-14(5-3-1)15-12-20-16(19-15)18-11-8-13-6-9-17-10-7-13/h1-7,9-10,15H,8,11-12H2,(H,18,19). The first-order valence-corrected chi connectivity index (χ1v) is 7.78. The van der Waals surface area contributed by atoms with Gasteiger partial charge in [-0.25, -0.2) is 0 Å². The van der Waals surface area contributed by atoms with E-state index >= 15 is 0 Å². The summed E-state index contributed by atoms with van der Waals surface area (Å²) >= 11 is 1.81. The fourth-order valence-electron chi connectivity index (χ4n) is 2.19. The highest BCUT2D eigenvalue weighted by atomic mass is 32.2. The first-order valence-electron chi connectivity index (χ1n) is 6.79. The van der Waals surface area contributed by atoms with E-state index in [-0.39, 0.29) is 0 Å². The van der Waals surface area contributed by atoms with Crippen LogP contribution in [0.5, 0.6) is 0 Å². The van der Waals surface area contributed by atoms with E-state index in [1.807, 2.05) is 24.5 Å². The second-order valence-electron chi connectivity index (χ2n) is 4.71. The molecule has 2 aromatic rings. The molecule has 0 aliphatic carbocycles. The van der Waals surface area contributed by atoms with E-state index in [9.17, 15) is 0 Å². The van der Waals surface area contributed by atoms with Crippen molar-refractivity contribution in [2.45, 2.75) is 12.5 Å². The first kappa shape index (κ1) is 13.2. The maximum absolute atomic E-state index is 4.64. The predicted molar refractivity (Wildman–Crippen MR) is 85.0 cm³/mol. The lowest BCUT2D eigenvalue weighted by Crippen LogP contribution is -2.19. The topological polar surface area (TPSA) is 37.3 Å². The zero-order valence-corrected chi connectivity index (χ0v) is 12.0. The highest BCUT2D eigenvalue weighted by Crippen LogP contribution is 2.25. The van der Waals surface area contributed by atoms with Crippen LogP contribution in [-0.4, -0.2) is 22.4 Å². The number of thioether (sulfide) groups is 1. The lowest BCUT2D eigenvalue weighted by molar-refractivity contribution is 0.748. The number of aliphatic imine (C=N–C) groups is 1. The largest absolute Gasteiger partial charge is 0.357 e. The quantitative estimate of drug-likeness (QED) is 0.937. The molecule has 1 aromatic carbocycles. The van der Waals surface area contributed by atoms with Gasteiger partial charge in [0.25, 0.3) is 0 Å². The highest BCUT2D eigenvalue weighted by Gasteiger charge is 2.21. The molecule has 1 N–H and O–H groups in total. The van der Waals surface area contributed by atoms with Gasteiger partial charge >= 0.3 is 0 Å². The van der Waals surface area contributed by atoms with Gasteiger partial charge in [-0.05, 0) is 29.7 Å². The van der Waals surface area contributed by atoms with Crippen molar-refractivity contribution in [1.29, 1.82) is 0 Å². The molecule has 0 amide bonds. The third-order valence-electron chi connectivity index (χ3n) is 3.29.